The third-order valence-electron chi connectivity index (χ3n) is 6.82. The van der Waals surface area contributed by atoms with Crippen LogP contribution in [0, 0.1) is 17.8 Å². The van der Waals surface area contributed by atoms with Crippen molar-refractivity contribution in [1.29, 1.82) is 0 Å². The summed E-state index contributed by atoms with van der Waals surface area (Å²) in [5.41, 5.74) is 1.13. The number of ether oxygens (including phenoxy) is 3. The summed E-state index contributed by atoms with van der Waals surface area (Å²) in [4.78, 5) is 15.3. The largest absolute Gasteiger partial charge is 0.493 e. The van der Waals surface area contributed by atoms with Gasteiger partial charge in [0.2, 0.25) is 5.91 Å². The molecular formula is C22H32N2O4. The molecule has 1 heterocycles. The molecular weight excluding hydrogens is 356 g/mol. The molecule has 2 saturated carbocycles. The standard InChI is InChI=1S/C22H32N2O4/c1-26-20-6-5-17(13-21(20)27-2)19(24-7-9-28-10-8-24)14-23-22(25)18-12-15-3-4-16(18)11-15/h5-6,13,15-16,18-19H,3-4,7-12,14H2,1-2H3,(H,23,25). The Kier molecular flexibility index (Phi) is 6.07. The molecule has 1 aliphatic heterocycles. The molecule has 154 valence electrons. The van der Waals surface area contributed by atoms with Crippen molar-refractivity contribution >= 4 is 5.91 Å². The summed E-state index contributed by atoms with van der Waals surface area (Å²) < 4.78 is 16.4. The van der Waals surface area contributed by atoms with Crippen LogP contribution >= 0.6 is 0 Å². The van der Waals surface area contributed by atoms with Crippen LogP contribution in [0.3, 0.4) is 0 Å². The average Bonchev–Trinajstić information content (AvgIpc) is 3.38. The lowest BCUT2D eigenvalue weighted by Crippen LogP contribution is -2.45. The molecule has 6 nitrogen and oxygen atoms in total. The van der Waals surface area contributed by atoms with Crippen LogP contribution in [0.15, 0.2) is 18.2 Å². The third-order valence-corrected chi connectivity index (χ3v) is 6.82. The monoisotopic (exact) mass is 388 g/mol. The first kappa shape index (κ1) is 19.5. The molecule has 1 aromatic carbocycles. The Morgan fingerprint density at radius 3 is 2.61 bits per heavy atom. The first-order valence-electron chi connectivity index (χ1n) is 10.5. The van der Waals surface area contributed by atoms with Crippen LogP contribution in [0.2, 0.25) is 0 Å². The van der Waals surface area contributed by atoms with Crippen LogP contribution in [-0.2, 0) is 9.53 Å². The number of morpholine rings is 1. The van der Waals surface area contributed by atoms with Crippen molar-refractivity contribution in [3.63, 3.8) is 0 Å². The predicted molar refractivity (Wildman–Crippen MR) is 107 cm³/mol. The van der Waals surface area contributed by atoms with Crippen molar-refractivity contribution in [2.45, 2.75) is 31.7 Å². The van der Waals surface area contributed by atoms with Gasteiger partial charge in [-0.2, -0.15) is 0 Å². The van der Waals surface area contributed by atoms with E-state index in [0.717, 1.165) is 55.7 Å². The molecule has 2 aliphatic carbocycles. The molecule has 3 fully saturated rings. The highest BCUT2D eigenvalue weighted by molar-refractivity contribution is 5.79. The molecule has 1 N–H and O–H groups in total. The molecule has 28 heavy (non-hydrogen) atoms. The van der Waals surface area contributed by atoms with Crippen LogP contribution in [0.4, 0.5) is 0 Å². The second-order valence-corrected chi connectivity index (χ2v) is 8.31. The fourth-order valence-corrected chi connectivity index (χ4v) is 5.30. The summed E-state index contributed by atoms with van der Waals surface area (Å²) in [7, 11) is 3.30. The SMILES string of the molecule is COc1ccc(C(CNC(=O)C2CC3CCC2C3)N2CCOCC2)cc1OC. The number of hydrogen-bond donors (Lipinski definition) is 1. The van der Waals surface area contributed by atoms with E-state index >= 15 is 0 Å². The van der Waals surface area contributed by atoms with Crippen LogP contribution in [0.5, 0.6) is 11.5 Å². The van der Waals surface area contributed by atoms with Crippen molar-refractivity contribution in [3.05, 3.63) is 23.8 Å². The first-order chi connectivity index (χ1) is 13.7. The summed E-state index contributed by atoms with van der Waals surface area (Å²) in [5, 5.41) is 3.28. The van der Waals surface area contributed by atoms with Gasteiger partial charge in [0.05, 0.1) is 33.5 Å². The van der Waals surface area contributed by atoms with E-state index < -0.39 is 0 Å². The number of carbonyl (C=O) groups is 1. The summed E-state index contributed by atoms with van der Waals surface area (Å²) in [6.07, 6.45) is 4.87. The normalized spacial score (nSPS) is 28.1. The van der Waals surface area contributed by atoms with E-state index in [0.29, 0.717) is 12.5 Å². The lowest BCUT2D eigenvalue weighted by atomic mass is 9.88. The quantitative estimate of drug-likeness (QED) is 0.778. The molecule has 6 heteroatoms. The molecule has 3 aliphatic rings. The fraction of sp³-hybridized carbons (Fsp3) is 0.682. The number of fused-ring (bicyclic) bond motifs is 2. The molecule has 2 bridgehead atoms. The number of carbonyl (C=O) groups excluding carboxylic acids is 1. The summed E-state index contributed by atoms with van der Waals surface area (Å²) >= 11 is 0. The van der Waals surface area contributed by atoms with E-state index in [1.165, 1.54) is 19.3 Å². The van der Waals surface area contributed by atoms with Crippen molar-refractivity contribution in [3.8, 4) is 11.5 Å². The number of methoxy groups -OCH3 is 2. The lowest BCUT2D eigenvalue weighted by molar-refractivity contribution is -0.126. The topological polar surface area (TPSA) is 60.0 Å². The van der Waals surface area contributed by atoms with Gasteiger partial charge in [0.25, 0.3) is 0 Å². The number of nitrogens with one attached hydrogen (secondary N) is 1. The minimum Gasteiger partial charge on any atom is -0.493 e. The summed E-state index contributed by atoms with van der Waals surface area (Å²) in [6, 6.07) is 6.15. The second kappa shape index (κ2) is 8.70. The fourth-order valence-electron chi connectivity index (χ4n) is 5.30. The maximum atomic E-state index is 12.9. The van der Waals surface area contributed by atoms with Crippen molar-refractivity contribution < 1.29 is 19.0 Å². The van der Waals surface area contributed by atoms with E-state index in [1.807, 2.05) is 12.1 Å². The van der Waals surface area contributed by atoms with Gasteiger partial charge in [-0.25, -0.2) is 0 Å². The van der Waals surface area contributed by atoms with Gasteiger partial charge in [0.15, 0.2) is 11.5 Å². The minimum atomic E-state index is 0.103. The Hall–Kier alpha value is -1.79. The Morgan fingerprint density at radius 2 is 1.96 bits per heavy atom. The zero-order chi connectivity index (χ0) is 19.5. The van der Waals surface area contributed by atoms with Crippen LogP contribution < -0.4 is 14.8 Å². The van der Waals surface area contributed by atoms with Gasteiger partial charge < -0.3 is 19.5 Å². The number of nitrogens with zero attached hydrogens (tertiary/aromatic N) is 1. The van der Waals surface area contributed by atoms with Gasteiger partial charge in [-0.05, 0) is 48.8 Å². The Morgan fingerprint density at radius 1 is 1.18 bits per heavy atom. The third kappa shape index (κ3) is 3.98. The number of hydrogen-bond acceptors (Lipinski definition) is 5. The van der Waals surface area contributed by atoms with Crippen molar-refractivity contribution in [1.82, 2.24) is 10.2 Å². The highest BCUT2D eigenvalue weighted by Gasteiger charge is 2.43. The van der Waals surface area contributed by atoms with Gasteiger partial charge in [-0.15, -0.1) is 0 Å². The molecule has 0 spiro atoms. The minimum absolute atomic E-state index is 0.103. The molecule has 4 unspecified atom stereocenters. The van der Waals surface area contributed by atoms with Crippen molar-refractivity contribution in [2.24, 2.45) is 17.8 Å². The van der Waals surface area contributed by atoms with E-state index in [2.05, 4.69) is 16.3 Å². The second-order valence-electron chi connectivity index (χ2n) is 8.31. The van der Waals surface area contributed by atoms with Gasteiger partial charge in [0.1, 0.15) is 0 Å². The van der Waals surface area contributed by atoms with E-state index in [-0.39, 0.29) is 17.9 Å². The summed E-state index contributed by atoms with van der Waals surface area (Å²) in [5.74, 6) is 3.28. The van der Waals surface area contributed by atoms with E-state index in [1.54, 1.807) is 14.2 Å². The van der Waals surface area contributed by atoms with Gasteiger partial charge in [-0.3, -0.25) is 9.69 Å². The van der Waals surface area contributed by atoms with Gasteiger partial charge in [-0.1, -0.05) is 12.5 Å². The van der Waals surface area contributed by atoms with Gasteiger partial charge in [0, 0.05) is 25.6 Å². The smallest absolute Gasteiger partial charge is 0.223 e. The predicted octanol–water partition coefficient (Wildman–Crippen LogP) is 2.63. The molecule has 1 amide bonds. The van der Waals surface area contributed by atoms with Crippen LogP contribution in [0.25, 0.3) is 0 Å². The Balaban J connectivity index is 1.48. The number of benzene rings is 1. The Bertz CT molecular complexity index is 689. The van der Waals surface area contributed by atoms with Crippen LogP contribution in [0.1, 0.15) is 37.3 Å². The number of rotatable bonds is 7. The molecule has 0 aromatic heterocycles. The first-order valence-corrected chi connectivity index (χ1v) is 10.5. The highest BCUT2D eigenvalue weighted by atomic mass is 16.5. The molecule has 0 radical (unpaired) electrons. The molecule has 1 saturated heterocycles. The number of amides is 1. The highest BCUT2D eigenvalue weighted by Crippen LogP contribution is 2.48. The molecule has 4 atom stereocenters. The average molecular weight is 389 g/mol. The maximum Gasteiger partial charge on any atom is 0.223 e. The van der Waals surface area contributed by atoms with Crippen molar-refractivity contribution in [2.75, 3.05) is 47.1 Å². The zero-order valence-corrected chi connectivity index (χ0v) is 17.0. The maximum absolute atomic E-state index is 12.9. The van der Waals surface area contributed by atoms with E-state index in [9.17, 15) is 4.79 Å². The van der Waals surface area contributed by atoms with E-state index in [4.69, 9.17) is 14.2 Å². The zero-order valence-electron chi connectivity index (χ0n) is 17.0. The van der Waals surface area contributed by atoms with Gasteiger partial charge >= 0.3 is 0 Å². The Labute approximate surface area is 167 Å². The molecule has 1 aromatic rings. The van der Waals surface area contributed by atoms with Crippen LogP contribution in [-0.4, -0.2) is 57.9 Å². The summed E-state index contributed by atoms with van der Waals surface area (Å²) in [6.45, 7) is 3.79. The lowest BCUT2D eigenvalue weighted by Gasteiger charge is -2.35. The molecule has 4 rings (SSSR count).